The fourth-order valence-electron chi connectivity index (χ4n) is 3.39. The van der Waals surface area contributed by atoms with E-state index in [4.69, 9.17) is 0 Å². The summed E-state index contributed by atoms with van der Waals surface area (Å²) >= 11 is 0. The molecule has 122 valence electrons. The first kappa shape index (κ1) is 15.4. The van der Waals surface area contributed by atoms with Crippen LogP contribution in [0.3, 0.4) is 0 Å². The van der Waals surface area contributed by atoms with Crippen molar-refractivity contribution in [2.45, 2.75) is 13.5 Å². The molecule has 0 saturated carbocycles. The highest BCUT2D eigenvalue weighted by atomic mass is 16.1. The summed E-state index contributed by atoms with van der Waals surface area (Å²) in [4.78, 5) is 12.3. The molecule has 0 atom stereocenters. The summed E-state index contributed by atoms with van der Waals surface area (Å²) in [6.07, 6.45) is 3.54. The largest absolute Gasteiger partial charge is 0.341 e. The Morgan fingerprint density at radius 1 is 0.880 bits per heavy atom. The number of rotatable bonds is 4. The molecule has 2 heteroatoms. The molecule has 25 heavy (non-hydrogen) atoms. The fraction of sp³-hybridized carbons (Fsp3) is 0.0870. The van der Waals surface area contributed by atoms with Crippen LogP contribution in [0.2, 0.25) is 0 Å². The number of aromatic nitrogens is 1. The van der Waals surface area contributed by atoms with Gasteiger partial charge in [-0.25, -0.2) is 0 Å². The van der Waals surface area contributed by atoms with Gasteiger partial charge in [0, 0.05) is 33.9 Å². The molecule has 0 aliphatic rings. The van der Waals surface area contributed by atoms with Crippen LogP contribution in [0.4, 0.5) is 0 Å². The number of fused-ring (bicyclic) bond motifs is 3. The number of allylic oxidation sites excluding steroid dienone is 1. The lowest BCUT2D eigenvalue weighted by Gasteiger charge is -2.02. The molecule has 0 N–H and O–H groups in total. The minimum absolute atomic E-state index is 0.0247. The molecule has 0 aliphatic carbocycles. The topological polar surface area (TPSA) is 22.0 Å². The number of hydrogen-bond acceptors (Lipinski definition) is 1. The first-order valence-corrected chi connectivity index (χ1v) is 8.56. The van der Waals surface area contributed by atoms with Gasteiger partial charge in [-0.1, -0.05) is 60.7 Å². The number of carbonyl (C=O) groups excluding carboxylic acids is 1. The Bertz CT molecular complexity index is 1090. The molecule has 2 nitrogen and oxygen atoms in total. The lowest BCUT2D eigenvalue weighted by Crippen LogP contribution is -1.93. The predicted octanol–water partition coefficient (Wildman–Crippen LogP) is 5.71. The van der Waals surface area contributed by atoms with E-state index in [0.29, 0.717) is 5.56 Å². The van der Waals surface area contributed by atoms with Gasteiger partial charge in [0.05, 0.1) is 0 Å². The summed E-state index contributed by atoms with van der Waals surface area (Å²) in [6.45, 7) is 3.10. The maximum atomic E-state index is 12.3. The van der Waals surface area contributed by atoms with Gasteiger partial charge in [-0.3, -0.25) is 4.79 Å². The number of benzene rings is 3. The average Bonchev–Trinajstić information content (AvgIpc) is 3.00. The molecular formula is C23H19NO. The van der Waals surface area contributed by atoms with E-state index < -0.39 is 0 Å². The highest BCUT2D eigenvalue weighted by Gasteiger charge is 2.09. The molecule has 0 radical (unpaired) electrons. The third-order valence-electron chi connectivity index (χ3n) is 4.60. The second kappa shape index (κ2) is 6.40. The van der Waals surface area contributed by atoms with E-state index in [-0.39, 0.29) is 5.78 Å². The number of nitrogens with zero attached hydrogens (tertiary/aromatic N) is 1. The van der Waals surface area contributed by atoms with Crippen LogP contribution in [0.5, 0.6) is 0 Å². The number of aryl methyl sites for hydroxylation is 1. The Morgan fingerprint density at radius 2 is 1.60 bits per heavy atom. The van der Waals surface area contributed by atoms with E-state index >= 15 is 0 Å². The summed E-state index contributed by atoms with van der Waals surface area (Å²) in [6, 6.07) is 24.2. The first-order chi connectivity index (χ1) is 12.3. The second-order valence-electron chi connectivity index (χ2n) is 6.10. The standard InChI is InChI=1S/C23H19NO/c1-2-24-21-11-7-6-10-19(21)20-16-17(12-14-22(20)24)13-15-23(25)18-8-4-3-5-9-18/h3-16H,2H2,1H3/b15-13+. The molecule has 4 aromatic rings. The minimum atomic E-state index is 0.0247. The molecule has 0 saturated heterocycles. The molecular weight excluding hydrogens is 306 g/mol. The zero-order valence-electron chi connectivity index (χ0n) is 14.1. The van der Waals surface area contributed by atoms with E-state index in [9.17, 15) is 4.79 Å². The van der Waals surface area contributed by atoms with Crippen LogP contribution in [-0.2, 0) is 6.54 Å². The predicted molar refractivity (Wildman–Crippen MR) is 105 cm³/mol. The van der Waals surface area contributed by atoms with E-state index in [0.717, 1.165) is 12.1 Å². The Balaban J connectivity index is 1.76. The Hall–Kier alpha value is -3.13. The second-order valence-corrected chi connectivity index (χ2v) is 6.10. The van der Waals surface area contributed by atoms with Crippen molar-refractivity contribution in [3.8, 4) is 0 Å². The summed E-state index contributed by atoms with van der Waals surface area (Å²) in [5.41, 5.74) is 4.23. The van der Waals surface area contributed by atoms with Crippen molar-refractivity contribution in [1.29, 1.82) is 0 Å². The van der Waals surface area contributed by atoms with Crippen LogP contribution in [0.1, 0.15) is 22.8 Å². The summed E-state index contributed by atoms with van der Waals surface area (Å²) in [5.74, 6) is 0.0247. The zero-order valence-corrected chi connectivity index (χ0v) is 14.1. The number of para-hydroxylation sites is 1. The molecule has 1 heterocycles. The molecule has 0 bridgehead atoms. The van der Waals surface area contributed by atoms with E-state index in [1.807, 2.05) is 36.4 Å². The van der Waals surface area contributed by atoms with Crippen LogP contribution >= 0.6 is 0 Å². The van der Waals surface area contributed by atoms with Crippen LogP contribution in [-0.4, -0.2) is 10.4 Å². The molecule has 0 unspecified atom stereocenters. The van der Waals surface area contributed by atoms with Crippen molar-refractivity contribution in [3.05, 3.63) is 90.0 Å². The summed E-state index contributed by atoms with van der Waals surface area (Å²) in [7, 11) is 0. The lowest BCUT2D eigenvalue weighted by atomic mass is 10.1. The number of carbonyl (C=O) groups is 1. The monoisotopic (exact) mass is 325 g/mol. The van der Waals surface area contributed by atoms with Gasteiger partial charge >= 0.3 is 0 Å². The Labute approximate surface area is 147 Å². The van der Waals surface area contributed by atoms with Gasteiger partial charge in [-0.05, 0) is 36.8 Å². The van der Waals surface area contributed by atoms with E-state index in [2.05, 4.69) is 54.0 Å². The molecule has 0 spiro atoms. The van der Waals surface area contributed by atoms with Crippen LogP contribution in [0.15, 0.2) is 78.9 Å². The summed E-state index contributed by atoms with van der Waals surface area (Å²) < 4.78 is 2.33. The van der Waals surface area contributed by atoms with Gasteiger partial charge in [0.15, 0.2) is 5.78 Å². The highest BCUT2D eigenvalue weighted by Crippen LogP contribution is 2.29. The first-order valence-electron chi connectivity index (χ1n) is 8.56. The molecule has 0 aliphatic heterocycles. The molecule has 3 aromatic carbocycles. The summed E-state index contributed by atoms with van der Waals surface area (Å²) in [5, 5.41) is 2.48. The van der Waals surface area contributed by atoms with Crippen LogP contribution in [0, 0.1) is 0 Å². The molecule has 4 rings (SSSR count). The SMILES string of the molecule is CCn1c2ccccc2c2cc(/C=C/C(=O)c3ccccc3)ccc21. The Morgan fingerprint density at radius 3 is 2.40 bits per heavy atom. The van der Waals surface area contributed by atoms with Gasteiger partial charge in [0.1, 0.15) is 0 Å². The zero-order chi connectivity index (χ0) is 17.2. The van der Waals surface area contributed by atoms with Crippen molar-refractivity contribution < 1.29 is 4.79 Å². The quantitative estimate of drug-likeness (QED) is 0.348. The van der Waals surface area contributed by atoms with E-state index in [1.165, 1.54) is 21.8 Å². The van der Waals surface area contributed by atoms with Crippen LogP contribution in [0.25, 0.3) is 27.9 Å². The lowest BCUT2D eigenvalue weighted by molar-refractivity contribution is 0.104. The maximum Gasteiger partial charge on any atom is 0.185 e. The maximum absolute atomic E-state index is 12.3. The third kappa shape index (κ3) is 2.76. The minimum Gasteiger partial charge on any atom is -0.341 e. The van der Waals surface area contributed by atoms with E-state index in [1.54, 1.807) is 6.08 Å². The number of ketones is 1. The smallest absolute Gasteiger partial charge is 0.185 e. The fourth-order valence-corrected chi connectivity index (χ4v) is 3.39. The van der Waals surface area contributed by atoms with Crippen molar-refractivity contribution in [1.82, 2.24) is 4.57 Å². The van der Waals surface area contributed by atoms with Gasteiger partial charge in [-0.2, -0.15) is 0 Å². The van der Waals surface area contributed by atoms with Crippen molar-refractivity contribution in [2.75, 3.05) is 0 Å². The van der Waals surface area contributed by atoms with Crippen molar-refractivity contribution >= 4 is 33.7 Å². The van der Waals surface area contributed by atoms with Crippen molar-refractivity contribution in [2.24, 2.45) is 0 Å². The van der Waals surface area contributed by atoms with Gasteiger partial charge in [0.25, 0.3) is 0 Å². The Kier molecular flexibility index (Phi) is 3.95. The molecule has 0 fully saturated rings. The molecule has 1 aromatic heterocycles. The highest BCUT2D eigenvalue weighted by molar-refractivity contribution is 6.10. The molecule has 0 amide bonds. The van der Waals surface area contributed by atoms with Gasteiger partial charge in [-0.15, -0.1) is 0 Å². The average molecular weight is 325 g/mol. The van der Waals surface area contributed by atoms with Crippen LogP contribution < -0.4 is 0 Å². The number of hydrogen-bond donors (Lipinski definition) is 0. The van der Waals surface area contributed by atoms with Gasteiger partial charge in [0.2, 0.25) is 0 Å². The third-order valence-corrected chi connectivity index (χ3v) is 4.60. The normalized spacial score (nSPS) is 11.6. The van der Waals surface area contributed by atoms with Crippen molar-refractivity contribution in [3.63, 3.8) is 0 Å². The van der Waals surface area contributed by atoms with Gasteiger partial charge < -0.3 is 4.57 Å².